The van der Waals surface area contributed by atoms with E-state index >= 15 is 0 Å². The molecule has 0 fully saturated rings. The lowest BCUT2D eigenvalue weighted by atomic mass is 9.86. The third kappa shape index (κ3) is 3.00. The van der Waals surface area contributed by atoms with Crippen molar-refractivity contribution in [1.29, 1.82) is 5.26 Å². The summed E-state index contributed by atoms with van der Waals surface area (Å²) in [5.74, 6) is 1.80. The first kappa shape index (κ1) is 15.0. The highest BCUT2D eigenvalue weighted by molar-refractivity contribution is 5.97. The smallest absolute Gasteiger partial charge is 0.226 e. The average Bonchev–Trinajstić information content (AvgIpc) is 3.03. The number of aromatic nitrogens is 1. The van der Waals surface area contributed by atoms with Gasteiger partial charge in [0, 0.05) is 36.2 Å². The molecule has 3 rings (SSSR count). The zero-order chi connectivity index (χ0) is 16.2. The Kier molecular flexibility index (Phi) is 4.20. The van der Waals surface area contributed by atoms with Gasteiger partial charge in [0.15, 0.2) is 0 Å². The van der Waals surface area contributed by atoms with Gasteiger partial charge in [-0.15, -0.1) is 0 Å². The molecule has 0 saturated heterocycles. The number of rotatable bonds is 4. The average molecular weight is 303 g/mol. The lowest BCUT2D eigenvalue weighted by Gasteiger charge is -2.19. The second-order valence-corrected chi connectivity index (χ2v) is 5.46. The Hall–Kier alpha value is -2.93. The van der Waals surface area contributed by atoms with Gasteiger partial charge in [0.25, 0.3) is 0 Å². The fourth-order valence-corrected chi connectivity index (χ4v) is 2.91. The van der Waals surface area contributed by atoms with Gasteiger partial charge in [-0.2, -0.15) is 5.26 Å². The summed E-state index contributed by atoms with van der Waals surface area (Å²) in [6, 6.07) is 9.45. The molecule has 4 nitrogen and oxygen atoms in total. The molecule has 0 saturated carbocycles. The molecule has 0 aliphatic heterocycles. The standard InChI is InChI=1S/C19H17N3O/c1-3-16(21-4-2)14-8-9-18-17(11-14)22-19(23-18)15-7-5-6-13(10-15)12-20/h3-7,10,14H,1-2,8-9,11H2. The van der Waals surface area contributed by atoms with Crippen molar-refractivity contribution < 1.29 is 4.42 Å². The van der Waals surface area contributed by atoms with Crippen molar-refractivity contribution in [2.24, 2.45) is 10.9 Å². The van der Waals surface area contributed by atoms with E-state index < -0.39 is 0 Å². The maximum atomic E-state index is 9.01. The molecule has 23 heavy (non-hydrogen) atoms. The summed E-state index contributed by atoms with van der Waals surface area (Å²) in [6.07, 6.45) is 5.91. The summed E-state index contributed by atoms with van der Waals surface area (Å²) < 4.78 is 5.91. The number of nitrogens with zero attached hydrogens (tertiary/aromatic N) is 3. The first-order chi connectivity index (χ1) is 11.2. The maximum absolute atomic E-state index is 9.01. The van der Waals surface area contributed by atoms with Crippen LogP contribution in [0.4, 0.5) is 0 Å². The van der Waals surface area contributed by atoms with Crippen LogP contribution >= 0.6 is 0 Å². The molecule has 0 spiro atoms. The third-order valence-corrected chi connectivity index (χ3v) is 4.04. The maximum Gasteiger partial charge on any atom is 0.226 e. The van der Waals surface area contributed by atoms with Crippen molar-refractivity contribution in [3.8, 4) is 17.5 Å². The Morgan fingerprint density at radius 1 is 1.43 bits per heavy atom. The van der Waals surface area contributed by atoms with Gasteiger partial charge in [-0.05, 0) is 30.7 Å². The summed E-state index contributed by atoms with van der Waals surface area (Å²) in [5.41, 5.74) is 3.35. The molecule has 1 aliphatic rings. The Morgan fingerprint density at radius 2 is 2.30 bits per heavy atom. The van der Waals surface area contributed by atoms with E-state index in [9.17, 15) is 0 Å². The summed E-state index contributed by atoms with van der Waals surface area (Å²) in [4.78, 5) is 8.93. The van der Waals surface area contributed by atoms with Crippen LogP contribution < -0.4 is 0 Å². The Bertz CT molecular complexity index is 823. The number of benzene rings is 1. The van der Waals surface area contributed by atoms with E-state index in [4.69, 9.17) is 9.68 Å². The van der Waals surface area contributed by atoms with E-state index in [1.807, 2.05) is 12.1 Å². The van der Waals surface area contributed by atoms with E-state index in [0.717, 1.165) is 42.0 Å². The monoisotopic (exact) mass is 303 g/mol. The van der Waals surface area contributed by atoms with E-state index in [2.05, 4.69) is 29.2 Å². The minimum Gasteiger partial charge on any atom is -0.441 e. The van der Waals surface area contributed by atoms with E-state index in [0.29, 0.717) is 17.4 Å². The zero-order valence-electron chi connectivity index (χ0n) is 12.8. The van der Waals surface area contributed by atoms with Crippen molar-refractivity contribution >= 4 is 5.71 Å². The Morgan fingerprint density at radius 3 is 3.04 bits per heavy atom. The number of aliphatic imine (C=N–C) groups is 1. The molecular formula is C19H17N3O. The number of nitriles is 1. The molecule has 0 radical (unpaired) electrons. The minimum atomic E-state index is 0.293. The van der Waals surface area contributed by atoms with Gasteiger partial charge in [0.05, 0.1) is 17.3 Å². The molecule has 0 amide bonds. The van der Waals surface area contributed by atoms with Crippen LogP contribution in [0.15, 0.2) is 59.1 Å². The van der Waals surface area contributed by atoms with Crippen LogP contribution in [0.25, 0.3) is 11.5 Å². The first-order valence-electron chi connectivity index (χ1n) is 7.55. The fourth-order valence-electron chi connectivity index (χ4n) is 2.91. The molecule has 2 aromatic rings. The highest BCUT2D eigenvalue weighted by Crippen LogP contribution is 2.31. The number of allylic oxidation sites excluding steroid dienone is 1. The summed E-state index contributed by atoms with van der Waals surface area (Å²) in [7, 11) is 0. The third-order valence-electron chi connectivity index (χ3n) is 4.04. The topological polar surface area (TPSA) is 62.2 Å². The van der Waals surface area contributed by atoms with Crippen LogP contribution in [0.3, 0.4) is 0 Å². The van der Waals surface area contributed by atoms with Gasteiger partial charge in [-0.1, -0.05) is 19.2 Å². The summed E-state index contributed by atoms with van der Waals surface area (Å²) in [6.45, 7) is 7.48. The molecule has 0 bridgehead atoms. The number of fused-ring (bicyclic) bond motifs is 1. The van der Waals surface area contributed by atoms with E-state index in [-0.39, 0.29) is 0 Å². The van der Waals surface area contributed by atoms with Gasteiger partial charge in [-0.25, -0.2) is 4.98 Å². The Balaban J connectivity index is 1.89. The first-order valence-corrected chi connectivity index (χ1v) is 7.55. The predicted octanol–water partition coefficient (Wildman–Crippen LogP) is 4.09. The molecule has 1 heterocycles. The van der Waals surface area contributed by atoms with Gasteiger partial charge < -0.3 is 4.42 Å². The van der Waals surface area contributed by atoms with E-state index in [1.54, 1.807) is 24.4 Å². The van der Waals surface area contributed by atoms with Gasteiger partial charge >= 0.3 is 0 Å². The van der Waals surface area contributed by atoms with Crippen LogP contribution in [-0.2, 0) is 12.8 Å². The van der Waals surface area contributed by atoms with Crippen molar-refractivity contribution in [2.75, 3.05) is 0 Å². The fraction of sp³-hybridized carbons (Fsp3) is 0.211. The highest BCUT2D eigenvalue weighted by Gasteiger charge is 2.26. The highest BCUT2D eigenvalue weighted by atomic mass is 16.4. The summed E-state index contributed by atoms with van der Waals surface area (Å²) in [5, 5.41) is 9.01. The second kappa shape index (κ2) is 6.45. The number of hydrogen-bond donors (Lipinski definition) is 0. The van der Waals surface area contributed by atoms with Crippen LogP contribution in [0.1, 0.15) is 23.4 Å². The van der Waals surface area contributed by atoms with Crippen LogP contribution in [-0.4, -0.2) is 10.7 Å². The Labute approximate surface area is 135 Å². The SMILES string of the molecule is C=CN=C(C=C)C1CCc2oc(-c3cccc(C#N)c3)nc2C1. The van der Waals surface area contributed by atoms with Gasteiger partial charge in [0.2, 0.25) is 5.89 Å². The van der Waals surface area contributed by atoms with Crippen molar-refractivity contribution in [3.63, 3.8) is 0 Å². The van der Waals surface area contributed by atoms with Crippen molar-refractivity contribution in [2.45, 2.75) is 19.3 Å². The van der Waals surface area contributed by atoms with Crippen LogP contribution in [0.2, 0.25) is 0 Å². The quantitative estimate of drug-likeness (QED) is 0.799. The molecule has 114 valence electrons. The second-order valence-electron chi connectivity index (χ2n) is 5.46. The molecule has 1 aliphatic carbocycles. The van der Waals surface area contributed by atoms with Crippen molar-refractivity contribution in [1.82, 2.24) is 4.98 Å². The van der Waals surface area contributed by atoms with E-state index in [1.165, 1.54) is 0 Å². The number of oxazole rings is 1. The predicted molar refractivity (Wildman–Crippen MR) is 90.0 cm³/mol. The largest absolute Gasteiger partial charge is 0.441 e. The summed E-state index contributed by atoms with van der Waals surface area (Å²) >= 11 is 0. The van der Waals surface area contributed by atoms with Crippen LogP contribution in [0, 0.1) is 17.2 Å². The zero-order valence-corrected chi connectivity index (χ0v) is 12.8. The number of aryl methyl sites for hydroxylation is 1. The molecule has 1 aromatic heterocycles. The lowest BCUT2D eigenvalue weighted by Crippen LogP contribution is -2.20. The molecular weight excluding hydrogens is 286 g/mol. The number of hydrogen-bond acceptors (Lipinski definition) is 4. The van der Waals surface area contributed by atoms with Crippen LogP contribution in [0.5, 0.6) is 0 Å². The molecule has 0 N–H and O–H groups in total. The molecule has 4 heteroatoms. The van der Waals surface area contributed by atoms with Gasteiger partial charge in [-0.3, -0.25) is 4.99 Å². The normalized spacial score (nSPS) is 17.2. The minimum absolute atomic E-state index is 0.293. The lowest BCUT2D eigenvalue weighted by molar-refractivity contribution is 0.464. The van der Waals surface area contributed by atoms with Gasteiger partial charge in [0.1, 0.15) is 5.76 Å². The molecule has 1 unspecified atom stereocenters. The molecule has 1 atom stereocenters. The molecule has 1 aromatic carbocycles. The van der Waals surface area contributed by atoms with Crippen molar-refractivity contribution in [3.05, 3.63) is 66.7 Å².